The number of nitrogens with one attached hydrogen (secondary N) is 1. The van der Waals surface area contributed by atoms with E-state index < -0.39 is 5.54 Å². The van der Waals surface area contributed by atoms with Crippen LogP contribution in [0.3, 0.4) is 0 Å². The topological polar surface area (TPSA) is 55.1 Å². The summed E-state index contributed by atoms with van der Waals surface area (Å²) in [7, 11) is 1.78. The zero-order valence-electron chi connectivity index (χ0n) is 10.5. The molecule has 15 heavy (non-hydrogen) atoms. The van der Waals surface area contributed by atoms with Crippen LogP contribution in [0.15, 0.2) is 0 Å². The van der Waals surface area contributed by atoms with E-state index in [0.29, 0.717) is 4.75 Å². The number of primary amides is 1. The number of nitrogens with two attached hydrogens (primary N) is 1. The van der Waals surface area contributed by atoms with Crippen molar-refractivity contribution in [2.45, 2.75) is 50.8 Å². The average Bonchev–Trinajstić information content (AvgIpc) is 2.10. The molecule has 0 fully saturated rings. The first-order valence-corrected chi connectivity index (χ1v) is 6.32. The summed E-state index contributed by atoms with van der Waals surface area (Å²) in [4.78, 5) is 11.2. The van der Waals surface area contributed by atoms with E-state index in [4.69, 9.17) is 5.73 Å². The van der Waals surface area contributed by atoms with Gasteiger partial charge in [-0.3, -0.25) is 4.79 Å². The zero-order valence-corrected chi connectivity index (χ0v) is 11.3. The molecule has 1 amide bonds. The van der Waals surface area contributed by atoms with Crippen molar-refractivity contribution in [2.75, 3.05) is 12.8 Å². The highest BCUT2D eigenvalue weighted by Gasteiger charge is 2.28. The molecule has 0 aromatic rings. The van der Waals surface area contributed by atoms with Gasteiger partial charge < -0.3 is 11.1 Å². The largest absolute Gasteiger partial charge is 0.368 e. The third-order valence-corrected chi connectivity index (χ3v) is 3.81. The number of likely N-dealkylation sites (N-methyl/N-ethyl adjacent to an activating group) is 1. The third kappa shape index (κ3) is 6.05. The van der Waals surface area contributed by atoms with Crippen LogP contribution in [0.2, 0.25) is 0 Å². The molecule has 0 aliphatic rings. The van der Waals surface area contributed by atoms with E-state index >= 15 is 0 Å². The van der Waals surface area contributed by atoms with E-state index in [1.165, 1.54) is 0 Å². The van der Waals surface area contributed by atoms with E-state index in [0.717, 1.165) is 18.6 Å². The van der Waals surface area contributed by atoms with Crippen LogP contribution in [0.1, 0.15) is 40.5 Å². The smallest absolute Gasteiger partial charge is 0.237 e. The van der Waals surface area contributed by atoms with Gasteiger partial charge in [-0.25, -0.2) is 0 Å². The molecule has 0 bridgehead atoms. The van der Waals surface area contributed by atoms with Gasteiger partial charge in [-0.05, 0) is 32.6 Å². The Bertz CT molecular complexity index is 213. The summed E-state index contributed by atoms with van der Waals surface area (Å²) in [5, 5.41) is 2.99. The lowest BCUT2D eigenvalue weighted by atomic mass is 9.96. The van der Waals surface area contributed by atoms with Gasteiger partial charge in [0.2, 0.25) is 5.91 Å². The molecule has 90 valence electrons. The van der Waals surface area contributed by atoms with Gasteiger partial charge in [0.05, 0.1) is 5.54 Å². The molecule has 0 spiro atoms. The quantitative estimate of drug-likeness (QED) is 0.686. The molecule has 0 aromatic carbocycles. The molecule has 3 N–H and O–H groups in total. The Kier molecular flexibility index (Phi) is 5.67. The lowest BCUT2D eigenvalue weighted by Crippen LogP contribution is -2.51. The Morgan fingerprint density at radius 3 is 2.20 bits per heavy atom. The molecule has 3 nitrogen and oxygen atoms in total. The van der Waals surface area contributed by atoms with Crippen molar-refractivity contribution in [3.05, 3.63) is 0 Å². The molecule has 0 aliphatic heterocycles. The maximum absolute atomic E-state index is 11.2. The SMILES string of the molecule is CNC(C)(CCCSC(C)(C)C)C(N)=O. The predicted molar refractivity (Wildman–Crippen MR) is 68.1 cm³/mol. The lowest BCUT2D eigenvalue weighted by molar-refractivity contribution is -0.123. The number of carbonyl (C=O) groups is 1. The first-order chi connectivity index (χ1) is 6.71. The van der Waals surface area contributed by atoms with Gasteiger partial charge >= 0.3 is 0 Å². The van der Waals surface area contributed by atoms with Crippen LogP contribution in [-0.4, -0.2) is 29.0 Å². The first kappa shape index (κ1) is 14.8. The summed E-state index contributed by atoms with van der Waals surface area (Å²) < 4.78 is 0.294. The van der Waals surface area contributed by atoms with Gasteiger partial charge in [0, 0.05) is 4.75 Å². The molecule has 0 saturated heterocycles. The fraction of sp³-hybridized carbons (Fsp3) is 0.909. The number of hydrogen-bond donors (Lipinski definition) is 2. The number of thioether (sulfide) groups is 1. The molecule has 0 aliphatic carbocycles. The molecule has 1 atom stereocenters. The second-order valence-electron chi connectivity index (χ2n) is 5.01. The van der Waals surface area contributed by atoms with E-state index in [-0.39, 0.29) is 5.91 Å². The van der Waals surface area contributed by atoms with Crippen molar-refractivity contribution in [3.63, 3.8) is 0 Å². The van der Waals surface area contributed by atoms with Crippen molar-refractivity contribution >= 4 is 17.7 Å². The van der Waals surface area contributed by atoms with Crippen molar-refractivity contribution in [1.29, 1.82) is 0 Å². The number of hydrogen-bond acceptors (Lipinski definition) is 3. The van der Waals surface area contributed by atoms with Crippen LogP contribution in [0, 0.1) is 0 Å². The highest BCUT2D eigenvalue weighted by molar-refractivity contribution is 8.00. The highest BCUT2D eigenvalue weighted by atomic mass is 32.2. The maximum Gasteiger partial charge on any atom is 0.237 e. The van der Waals surface area contributed by atoms with Crippen LogP contribution in [-0.2, 0) is 4.79 Å². The molecule has 0 saturated carbocycles. The summed E-state index contributed by atoms with van der Waals surface area (Å²) in [6.07, 6.45) is 1.80. The lowest BCUT2D eigenvalue weighted by Gasteiger charge is -2.26. The normalized spacial score (nSPS) is 16.1. The second-order valence-corrected chi connectivity index (χ2v) is 6.93. The second kappa shape index (κ2) is 5.75. The van der Waals surface area contributed by atoms with Crippen molar-refractivity contribution < 1.29 is 4.79 Å². The molecule has 1 unspecified atom stereocenters. The van der Waals surface area contributed by atoms with Crippen LogP contribution in [0.4, 0.5) is 0 Å². The summed E-state index contributed by atoms with van der Waals surface area (Å²) in [5.74, 6) is 0.791. The van der Waals surface area contributed by atoms with Crippen LogP contribution >= 0.6 is 11.8 Å². The zero-order chi connectivity index (χ0) is 12.1. The summed E-state index contributed by atoms with van der Waals surface area (Å²) >= 11 is 1.92. The fourth-order valence-corrected chi connectivity index (χ4v) is 2.08. The number of carbonyl (C=O) groups excluding carboxylic acids is 1. The Labute approximate surface area is 97.6 Å². The molecular weight excluding hydrogens is 208 g/mol. The van der Waals surface area contributed by atoms with Gasteiger partial charge in [-0.1, -0.05) is 20.8 Å². The Morgan fingerprint density at radius 1 is 1.33 bits per heavy atom. The van der Waals surface area contributed by atoms with Gasteiger partial charge in [0.15, 0.2) is 0 Å². The molecule has 0 aromatic heterocycles. The monoisotopic (exact) mass is 232 g/mol. The first-order valence-electron chi connectivity index (χ1n) is 5.34. The summed E-state index contributed by atoms with van der Waals surface area (Å²) in [5.41, 5.74) is 4.78. The minimum atomic E-state index is -0.557. The van der Waals surface area contributed by atoms with Gasteiger partial charge in [-0.15, -0.1) is 0 Å². The average molecular weight is 232 g/mol. The van der Waals surface area contributed by atoms with Crippen LogP contribution in [0.5, 0.6) is 0 Å². The Morgan fingerprint density at radius 2 is 1.87 bits per heavy atom. The highest BCUT2D eigenvalue weighted by Crippen LogP contribution is 2.25. The standard InChI is InChI=1S/C11H24N2OS/c1-10(2,3)15-8-6-7-11(4,13-5)9(12)14/h13H,6-8H2,1-5H3,(H2,12,14). The molecular formula is C11H24N2OS. The van der Waals surface area contributed by atoms with Gasteiger partial charge in [0.1, 0.15) is 0 Å². The van der Waals surface area contributed by atoms with E-state index in [9.17, 15) is 4.79 Å². The minimum absolute atomic E-state index is 0.272. The minimum Gasteiger partial charge on any atom is -0.368 e. The van der Waals surface area contributed by atoms with E-state index in [1.54, 1.807) is 7.05 Å². The van der Waals surface area contributed by atoms with E-state index in [1.807, 2.05) is 18.7 Å². The van der Waals surface area contributed by atoms with Crippen LogP contribution < -0.4 is 11.1 Å². The number of rotatable bonds is 6. The van der Waals surface area contributed by atoms with Crippen molar-refractivity contribution in [2.24, 2.45) is 5.73 Å². The van der Waals surface area contributed by atoms with Crippen LogP contribution in [0.25, 0.3) is 0 Å². The third-order valence-electron chi connectivity index (χ3n) is 2.45. The van der Waals surface area contributed by atoms with Gasteiger partial charge in [0.25, 0.3) is 0 Å². The predicted octanol–water partition coefficient (Wildman–Crippen LogP) is 1.76. The molecule has 0 heterocycles. The molecule has 0 radical (unpaired) electrons. The van der Waals surface area contributed by atoms with E-state index in [2.05, 4.69) is 26.1 Å². The maximum atomic E-state index is 11.2. The van der Waals surface area contributed by atoms with Gasteiger partial charge in [-0.2, -0.15) is 11.8 Å². The Hall–Kier alpha value is -0.220. The summed E-state index contributed by atoms with van der Waals surface area (Å²) in [6, 6.07) is 0. The van der Waals surface area contributed by atoms with Crippen molar-refractivity contribution in [3.8, 4) is 0 Å². The fourth-order valence-electron chi connectivity index (χ4n) is 1.18. The molecule has 0 rings (SSSR count). The number of amides is 1. The van der Waals surface area contributed by atoms with Crippen molar-refractivity contribution in [1.82, 2.24) is 5.32 Å². The Balaban J connectivity index is 3.89. The summed E-state index contributed by atoms with van der Waals surface area (Å²) in [6.45, 7) is 8.45. The molecule has 4 heteroatoms.